The minimum Gasteiger partial charge on any atom is -0.321 e. The summed E-state index contributed by atoms with van der Waals surface area (Å²) in [6, 6.07) is 7.34. The van der Waals surface area contributed by atoms with Crippen molar-refractivity contribution in [3.63, 3.8) is 0 Å². The molecule has 0 aliphatic carbocycles. The normalized spacial score (nSPS) is 13.6. The van der Waals surface area contributed by atoms with Gasteiger partial charge in [-0.15, -0.1) is 0 Å². The number of nitrogens with zero attached hydrogens (tertiary/aromatic N) is 5. The van der Waals surface area contributed by atoms with Gasteiger partial charge in [-0.1, -0.05) is 20.8 Å². The van der Waals surface area contributed by atoms with E-state index in [1.54, 1.807) is 28.5 Å². The summed E-state index contributed by atoms with van der Waals surface area (Å²) in [6.07, 6.45) is 2.21. The van der Waals surface area contributed by atoms with E-state index >= 15 is 0 Å². The van der Waals surface area contributed by atoms with Crippen LogP contribution in [0.15, 0.2) is 30.6 Å². The molecule has 2 amide bonds. The van der Waals surface area contributed by atoms with E-state index in [0.29, 0.717) is 18.0 Å². The molecule has 1 N–H and O–H groups in total. The van der Waals surface area contributed by atoms with Gasteiger partial charge in [-0.3, -0.25) is 9.59 Å². The van der Waals surface area contributed by atoms with Crippen molar-refractivity contribution in [3.05, 3.63) is 47.5 Å². The van der Waals surface area contributed by atoms with Crippen LogP contribution in [0.4, 0.5) is 11.4 Å². The minimum atomic E-state index is -0.308. The molecule has 2 aromatic heterocycles. The summed E-state index contributed by atoms with van der Waals surface area (Å²) >= 11 is 0. The van der Waals surface area contributed by atoms with Crippen LogP contribution in [0, 0.1) is 0 Å². The Morgan fingerprint density at radius 3 is 2.68 bits per heavy atom. The topological polar surface area (TPSA) is 92.5 Å². The highest BCUT2D eigenvalue weighted by Crippen LogP contribution is 2.30. The zero-order valence-electron chi connectivity index (χ0n) is 16.4. The number of carbonyl (C=O) groups is 2. The van der Waals surface area contributed by atoms with Crippen molar-refractivity contribution < 1.29 is 9.59 Å². The molecular formula is C20H22N6O2. The lowest BCUT2D eigenvalue weighted by Gasteiger charge is -2.20. The smallest absolute Gasteiger partial charge is 0.274 e. The second kappa shape index (κ2) is 6.40. The fourth-order valence-corrected chi connectivity index (χ4v) is 3.46. The zero-order chi connectivity index (χ0) is 20.1. The first kappa shape index (κ1) is 18.1. The average molecular weight is 378 g/mol. The quantitative estimate of drug-likeness (QED) is 0.740. The van der Waals surface area contributed by atoms with Crippen LogP contribution < -0.4 is 10.2 Å². The van der Waals surface area contributed by atoms with E-state index < -0.39 is 0 Å². The van der Waals surface area contributed by atoms with Gasteiger partial charge in [0.15, 0.2) is 0 Å². The summed E-state index contributed by atoms with van der Waals surface area (Å²) in [7, 11) is 0. The third-order valence-electron chi connectivity index (χ3n) is 4.87. The Balaban J connectivity index is 1.64. The summed E-state index contributed by atoms with van der Waals surface area (Å²) in [5.74, 6) is 0.108. The first-order valence-corrected chi connectivity index (χ1v) is 9.18. The Morgan fingerprint density at radius 1 is 1.18 bits per heavy atom. The monoisotopic (exact) mass is 378 g/mol. The van der Waals surface area contributed by atoms with Crippen molar-refractivity contribution in [1.82, 2.24) is 19.6 Å². The molecule has 8 nitrogen and oxygen atoms in total. The molecule has 28 heavy (non-hydrogen) atoms. The van der Waals surface area contributed by atoms with E-state index in [1.165, 1.54) is 6.33 Å². The summed E-state index contributed by atoms with van der Waals surface area (Å²) in [4.78, 5) is 34.7. The van der Waals surface area contributed by atoms with Gasteiger partial charge in [0.05, 0.1) is 5.69 Å². The van der Waals surface area contributed by atoms with E-state index in [4.69, 9.17) is 0 Å². The number of nitrogens with one attached hydrogen (secondary N) is 1. The fourth-order valence-electron chi connectivity index (χ4n) is 3.46. The van der Waals surface area contributed by atoms with Gasteiger partial charge in [-0.25, -0.2) is 9.50 Å². The lowest BCUT2D eigenvalue weighted by molar-refractivity contribution is -0.116. The molecule has 8 heteroatoms. The van der Waals surface area contributed by atoms with Crippen molar-refractivity contribution in [1.29, 1.82) is 0 Å². The second-order valence-corrected chi connectivity index (χ2v) is 7.97. The van der Waals surface area contributed by atoms with Gasteiger partial charge in [0, 0.05) is 30.3 Å². The first-order chi connectivity index (χ1) is 13.2. The van der Waals surface area contributed by atoms with Crippen LogP contribution >= 0.6 is 0 Å². The molecule has 0 unspecified atom stereocenters. The van der Waals surface area contributed by atoms with Gasteiger partial charge in [-0.2, -0.15) is 10.1 Å². The number of fused-ring (bicyclic) bond motifs is 2. The number of aromatic nitrogens is 4. The number of carbonyl (C=O) groups excluding carboxylic acids is 2. The highest BCUT2D eigenvalue weighted by Gasteiger charge is 2.24. The van der Waals surface area contributed by atoms with E-state index in [1.807, 2.05) is 32.9 Å². The Morgan fingerprint density at radius 2 is 1.96 bits per heavy atom. The molecule has 0 saturated heterocycles. The molecule has 144 valence electrons. The van der Waals surface area contributed by atoms with Crippen LogP contribution in [0.1, 0.15) is 49.4 Å². The molecule has 1 aliphatic rings. The number of hydrogen-bond acceptors (Lipinski definition) is 5. The second-order valence-electron chi connectivity index (χ2n) is 7.97. The molecule has 1 aliphatic heterocycles. The molecule has 1 aromatic carbocycles. The number of benzene rings is 1. The lowest BCUT2D eigenvalue weighted by Crippen LogP contribution is -2.25. The van der Waals surface area contributed by atoms with Crippen LogP contribution in [-0.2, 0) is 16.6 Å². The molecule has 3 aromatic rings. The predicted molar refractivity (Wildman–Crippen MR) is 106 cm³/mol. The Labute approximate surface area is 162 Å². The maximum atomic E-state index is 12.8. The number of amides is 2. The predicted octanol–water partition coefficient (Wildman–Crippen LogP) is 2.58. The molecule has 0 atom stereocenters. The summed E-state index contributed by atoms with van der Waals surface area (Å²) < 4.78 is 1.66. The lowest BCUT2D eigenvalue weighted by atomic mass is 9.91. The van der Waals surface area contributed by atoms with Gasteiger partial charge in [0.1, 0.15) is 12.0 Å². The van der Waals surface area contributed by atoms with Crippen LogP contribution in [0.5, 0.6) is 0 Å². The van der Waals surface area contributed by atoms with Crippen molar-refractivity contribution in [2.45, 2.75) is 39.5 Å². The number of anilines is 2. The minimum absolute atomic E-state index is 0.0241. The SMILES string of the molecule is CC(=O)N1CCc2cc(NC(=O)c3cc(C(C)(C)C)n4ncnc4n3)ccc21. The largest absolute Gasteiger partial charge is 0.321 e. The molecule has 0 radical (unpaired) electrons. The van der Waals surface area contributed by atoms with Crippen molar-refractivity contribution in [3.8, 4) is 0 Å². The Bertz CT molecular complexity index is 1100. The molecule has 4 rings (SSSR count). The molecule has 0 bridgehead atoms. The fraction of sp³-hybridized carbons (Fsp3) is 0.350. The maximum Gasteiger partial charge on any atom is 0.274 e. The van der Waals surface area contributed by atoms with E-state index in [-0.39, 0.29) is 22.9 Å². The van der Waals surface area contributed by atoms with E-state index in [9.17, 15) is 9.59 Å². The third kappa shape index (κ3) is 3.11. The third-order valence-corrected chi connectivity index (χ3v) is 4.87. The van der Waals surface area contributed by atoms with Gasteiger partial charge >= 0.3 is 0 Å². The summed E-state index contributed by atoms with van der Waals surface area (Å²) in [5, 5.41) is 7.11. The van der Waals surface area contributed by atoms with Gasteiger partial charge in [0.2, 0.25) is 5.91 Å². The number of hydrogen-bond donors (Lipinski definition) is 1. The Kier molecular flexibility index (Phi) is 4.14. The molecule has 0 fully saturated rings. The molecule has 3 heterocycles. The van der Waals surface area contributed by atoms with Crippen molar-refractivity contribution >= 4 is 29.0 Å². The van der Waals surface area contributed by atoms with Crippen LogP contribution in [0.2, 0.25) is 0 Å². The molecule has 0 saturated carbocycles. The van der Waals surface area contributed by atoms with E-state index in [0.717, 1.165) is 23.4 Å². The van der Waals surface area contributed by atoms with Crippen LogP contribution in [0.25, 0.3) is 5.78 Å². The van der Waals surface area contributed by atoms with Gasteiger partial charge in [0.25, 0.3) is 11.7 Å². The van der Waals surface area contributed by atoms with Gasteiger partial charge in [-0.05, 0) is 36.2 Å². The molecule has 0 spiro atoms. The average Bonchev–Trinajstić information content (AvgIpc) is 3.26. The van der Waals surface area contributed by atoms with Gasteiger partial charge < -0.3 is 10.2 Å². The maximum absolute atomic E-state index is 12.8. The van der Waals surface area contributed by atoms with Crippen LogP contribution in [0.3, 0.4) is 0 Å². The molecular weight excluding hydrogens is 356 g/mol. The standard InChI is InChI=1S/C20H22N6O2/c1-12(27)25-8-7-13-9-14(5-6-16(13)25)23-18(28)15-10-17(20(2,3)4)26-19(24-15)21-11-22-26/h5-6,9-11H,7-8H2,1-4H3,(H,23,28). The summed E-state index contributed by atoms with van der Waals surface area (Å²) in [6.45, 7) is 8.37. The van der Waals surface area contributed by atoms with Crippen molar-refractivity contribution in [2.75, 3.05) is 16.8 Å². The number of rotatable bonds is 2. The van der Waals surface area contributed by atoms with Crippen molar-refractivity contribution in [2.24, 2.45) is 0 Å². The summed E-state index contributed by atoms with van der Waals surface area (Å²) in [5.41, 5.74) is 3.54. The first-order valence-electron chi connectivity index (χ1n) is 9.18. The highest BCUT2D eigenvalue weighted by molar-refractivity contribution is 6.03. The zero-order valence-corrected chi connectivity index (χ0v) is 16.4. The Hall–Kier alpha value is -3.29. The van der Waals surface area contributed by atoms with E-state index in [2.05, 4.69) is 20.4 Å². The highest BCUT2D eigenvalue weighted by atomic mass is 16.2. The van der Waals surface area contributed by atoms with Crippen LogP contribution in [-0.4, -0.2) is 37.9 Å².